The van der Waals surface area contributed by atoms with Crippen LogP contribution in [0.1, 0.15) is 18.5 Å². The summed E-state index contributed by atoms with van der Waals surface area (Å²) in [6.45, 7) is 1.63. The van der Waals surface area contributed by atoms with Crippen LogP contribution in [0.3, 0.4) is 0 Å². The molecule has 0 N–H and O–H groups in total. The predicted molar refractivity (Wildman–Crippen MR) is 91.3 cm³/mol. The lowest BCUT2D eigenvalue weighted by atomic mass is 10.1. The fourth-order valence-corrected chi connectivity index (χ4v) is 2.94. The fourth-order valence-electron chi connectivity index (χ4n) is 2.61. The van der Waals surface area contributed by atoms with Crippen LogP contribution in [0.5, 0.6) is 5.75 Å². The lowest BCUT2D eigenvalue weighted by Gasteiger charge is -2.33. The van der Waals surface area contributed by atoms with Gasteiger partial charge < -0.3 is 9.64 Å². The number of hydrogen-bond donors (Lipinski definition) is 0. The normalized spacial score (nSPS) is 15.3. The van der Waals surface area contributed by atoms with Crippen molar-refractivity contribution < 1.29 is 4.74 Å². The van der Waals surface area contributed by atoms with Crippen LogP contribution in [0.4, 0.5) is 5.82 Å². The van der Waals surface area contributed by atoms with Gasteiger partial charge in [0.1, 0.15) is 23.7 Å². The standard InChI is InChI=1S/C17H15Cl2N3O/c18-13-5-6-17(21-15(13)11-20)22-9-7-12(8-10-22)23-16-4-2-1-3-14(16)19/h1-6,12H,7-10H2. The molecule has 1 fully saturated rings. The maximum Gasteiger partial charge on any atom is 0.161 e. The van der Waals surface area contributed by atoms with Crippen molar-refractivity contribution in [2.45, 2.75) is 18.9 Å². The maximum atomic E-state index is 9.03. The zero-order valence-corrected chi connectivity index (χ0v) is 13.9. The van der Waals surface area contributed by atoms with Crippen LogP contribution >= 0.6 is 23.2 Å². The van der Waals surface area contributed by atoms with Crippen molar-refractivity contribution in [1.29, 1.82) is 5.26 Å². The van der Waals surface area contributed by atoms with Gasteiger partial charge in [0, 0.05) is 25.9 Å². The monoisotopic (exact) mass is 347 g/mol. The number of benzene rings is 1. The summed E-state index contributed by atoms with van der Waals surface area (Å²) in [5.41, 5.74) is 0.263. The van der Waals surface area contributed by atoms with Gasteiger partial charge in [-0.1, -0.05) is 35.3 Å². The number of nitrogens with zero attached hydrogens (tertiary/aromatic N) is 3. The molecule has 1 aromatic carbocycles. The summed E-state index contributed by atoms with van der Waals surface area (Å²) in [5, 5.41) is 10.0. The first-order chi connectivity index (χ1) is 11.2. The first kappa shape index (κ1) is 15.9. The number of rotatable bonds is 3. The number of para-hydroxylation sites is 1. The molecule has 0 aliphatic carbocycles. The molecule has 23 heavy (non-hydrogen) atoms. The summed E-state index contributed by atoms with van der Waals surface area (Å²) < 4.78 is 5.98. The van der Waals surface area contributed by atoms with Crippen molar-refractivity contribution in [2.75, 3.05) is 18.0 Å². The number of piperidine rings is 1. The molecule has 0 bridgehead atoms. The van der Waals surface area contributed by atoms with Crippen LogP contribution in [0.2, 0.25) is 10.0 Å². The van der Waals surface area contributed by atoms with E-state index in [0.29, 0.717) is 10.0 Å². The van der Waals surface area contributed by atoms with Gasteiger partial charge in [0.2, 0.25) is 0 Å². The van der Waals surface area contributed by atoms with E-state index in [4.69, 9.17) is 33.2 Å². The largest absolute Gasteiger partial charge is 0.489 e. The number of hydrogen-bond acceptors (Lipinski definition) is 4. The minimum atomic E-state index is 0.133. The van der Waals surface area contributed by atoms with Crippen LogP contribution < -0.4 is 9.64 Å². The molecule has 0 unspecified atom stereocenters. The molecule has 3 rings (SSSR count). The van der Waals surface area contributed by atoms with E-state index in [1.54, 1.807) is 6.07 Å². The van der Waals surface area contributed by atoms with Crippen LogP contribution in [0.25, 0.3) is 0 Å². The van der Waals surface area contributed by atoms with Crippen molar-refractivity contribution in [3.8, 4) is 11.8 Å². The summed E-state index contributed by atoms with van der Waals surface area (Å²) in [4.78, 5) is 6.45. The quantitative estimate of drug-likeness (QED) is 0.829. The number of nitriles is 1. The first-order valence-corrected chi connectivity index (χ1v) is 8.16. The fraction of sp³-hybridized carbons (Fsp3) is 0.294. The zero-order valence-electron chi connectivity index (χ0n) is 12.4. The number of halogens is 2. The Balaban J connectivity index is 1.63. The molecule has 0 amide bonds. The third-order valence-corrected chi connectivity index (χ3v) is 4.45. The van der Waals surface area contributed by atoms with Gasteiger partial charge in [0.25, 0.3) is 0 Å². The van der Waals surface area contributed by atoms with Crippen LogP contribution in [0, 0.1) is 11.3 Å². The third kappa shape index (κ3) is 3.69. The molecule has 1 saturated heterocycles. The van der Waals surface area contributed by atoms with Crippen molar-refractivity contribution in [3.05, 3.63) is 52.1 Å². The number of aromatic nitrogens is 1. The lowest BCUT2D eigenvalue weighted by Crippen LogP contribution is -2.38. The van der Waals surface area contributed by atoms with E-state index in [1.807, 2.05) is 36.4 Å². The molecule has 0 spiro atoms. The van der Waals surface area contributed by atoms with Gasteiger partial charge >= 0.3 is 0 Å². The van der Waals surface area contributed by atoms with Crippen molar-refractivity contribution in [2.24, 2.45) is 0 Å². The molecule has 118 valence electrons. The Morgan fingerprint density at radius 3 is 2.52 bits per heavy atom. The molecular formula is C17H15Cl2N3O. The van der Waals surface area contributed by atoms with E-state index in [0.717, 1.165) is 37.5 Å². The summed E-state index contributed by atoms with van der Waals surface area (Å²) in [5.74, 6) is 1.51. The SMILES string of the molecule is N#Cc1nc(N2CCC(Oc3ccccc3Cl)CC2)ccc1Cl. The number of ether oxygens (including phenoxy) is 1. The Bertz CT molecular complexity index is 737. The number of pyridine rings is 1. The molecule has 1 aliphatic heterocycles. The van der Waals surface area contributed by atoms with Gasteiger partial charge in [-0.25, -0.2) is 4.98 Å². The first-order valence-electron chi connectivity index (χ1n) is 7.40. The second-order valence-electron chi connectivity index (χ2n) is 5.35. The molecule has 0 radical (unpaired) electrons. The van der Waals surface area contributed by atoms with E-state index in [9.17, 15) is 0 Å². The smallest absolute Gasteiger partial charge is 0.161 e. The second-order valence-corrected chi connectivity index (χ2v) is 6.16. The Kier molecular flexibility index (Phi) is 4.90. The minimum Gasteiger partial charge on any atom is -0.489 e. The minimum absolute atomic E-state index is 0.133. The van der Waals surface area contributed by atoms with Crippen LogP contribution in [0.15, 0.2) is 36.4 Å². The third-order valence-electron chi connectivity index (χ3n) is 3.83. The van der Waals surface area contributed by atoms with Crippen LogP contribution in [-0.2, 0) is 0 Å². The highest BCUT2D eigenvalue weighted by molar-refractivity contribution is 6.32. The van der Waals surface area contributed by atoms with Crippen molar-refractivity contribution >= 4 is 29.0 Å². The highest BCUT2D eigenvalue weighted by Crippen LogP contribution is 2.28. The Morgan fingerprint density at radius 2 is 1.83 bits per heavy atom. The zero-order chi connectivity index (χ0) is 16.2. The lowest BCUT2D eigenvalue weighted by molar-refractivity contribution is 0.171. The molecule has 2 heterocycles. The van der Waals surface area contributed by atoms with E-state index in [2.05, 4.69) is 9.88 Å². The number of anilines is 1. The summed E-state index contributed by atoms with van der Waals surface area (Å²) in [7, 11) is 0. The Morgan fingerprint density at radius 1 is 1.09 bits per heavy atom. The van der Waals surface area contributed by atoms with E-state index in [-0.39, 0.29) is 11.8 Å². The molecule has 1 aromatic heterocycles. The molecule has 4 nitrogen and oxygen atoms in total. The Labute approximate surface area is 145 Å². The average Bonchev–Trinajstić information content (AvgIpc) is 2.58. The van der Waals surface area contributed by atoms with Gasteiger partial charge in [-0.3, -0.25) is 0 Å². The van der Waals surface area contributed by atoms with E-state index >= 15 is 0 Å². The highest BCUT2D eigenvalue weighted by atomic mass is 35.5. The molecule has 0 saturated carbocycles. The van der Waals surface area contributed by atoms with Crippen LogP contribution in [-0.4, -0.2) is 24.2 Å². The van der Waals surface area contributed by atoms with E-state index in [1.165, 1.54) is 0 Å². The topological polar surface area (TPSA) is 49.2 Å². The summed E-state index contributed by atoms with van der Waals surface area (Å²) >= 11 is 12.1. The summed E-state index contributed by atoms with van der Waals surface area (Å²) in [6, 6.07) is 13.1. The molecule has 6 heteroatoms. The predicted octanol–water partition coefficient (Wildman–Crippen LogP) is 4.31. The van der Waals surface area contributed by atoms with Crippen molar-refractivity contribution in [3.63, 3.8) is 0 Å². The molecule has 1 aliphatic rings. The molecule has 2 aromatic rings. The average molecular weight is 348 g/mol. The molecule has 0 atom stereocenters. The van der Waals surface area contributed by atoms with Crippen molar-refractivity contribution in [1.82, 2.24) is 4.98 Å². The highest BCUT2D eigenvalue weighted by Gasteiger charge is 2.22. The Hall–Kier alpha value is -1.96. The van der Waals surface area contributed by atoms with Gasteiger partial charge in [-0.15, -0.1) is 0 Å². The second kappa shape index (κ2) is 7.08. The maximum absolute atomic E-state index is 9.03. The van der Waals surface area contributed by atoms with Gasteiger partial charge in [-0.05, 0) is 24.3 Å². The van der Waals surface area contributed by atoms with Gasteiger partial charge in [-0.2, -0.15) is 5.26 Å². The molecular weight excluding hydrogens is 333 g/mol. The van der Waals surface area contributed by atoms with E-state index < -0.39 is 0 Å². The van der Waals surface area contributed by atoms with Gasteiger partial charge in [0.05, 0.1) is 10.0 Å². The summed E-state index contributed by atoms with van der Waals surface area (Å²) in [6.07, 6.45) is 1.88. The van der Waals surface area contributed by atoms with Gasteiger partial charge in [0.15, 0.2) is 5.69 Å².